The van der Waals surface area contributed by atoms with Gasteiger partial charge in [-0.2, -0.15) is 0 Å². The van der Waals surface area contributed by atoms with Crippen molar-refractivity contribution < 1.29 is 38.1 Å². The van der Waals surface area contributed by atoms with Crippen LogP contribution in [0.15, 0.2) is 60.0 Å². The Morgan fingerprint density at radius 3 is 2.49 bits per heavy atom. The van der Waals surface area contributed by atoms with Crippen LogP contribution >= 0.6 is 11.3 Å². The molecule has 0 fully saturated rings. The van der Waals surface area contributed by atoms with Crippen LogP contribution in [0.4, 0.5) is 9.59 Å². The van der Waals surface area contributed by atoms with Crippen LogP contribution in [0, 0.1) is 0 Å². The van der Waals surface area contributed by atoms with Crippen LogP contribution in [0.2, 0.25) is 0 Å². The molecule has 0 aliphatic heterocycles. The number of alkyl carbamates (subject to hydrolysis) is 1. The molecule has 0 bridgehead atoms. The lowest BCUT2D eigenvalue weighted by Gasteiger charge is -2.37. The fraction of sp³-hybridized carbons (Fsp3) is 0.345. The number of carbonyl (C=O) groups is 3. The minimum atomic E-state index is -1.33. The molecule has 206 valence electrons. The third-order valence-corrected chi connectivity index (χ3v) is 6.81. The summed E-state index contributed by atoms with van der Waals surface area (Å²) >= 11 is 1.18. The lowest BCUT2D eigenvalue weighted by Crippen LogP contribution is -2.59. The van der Waals surface area contributed by atoms with Crippen LogP contribution in [-0.2, 0) is 38.5 Å². The van der Waals surface area contributed by atoms with E-state index in [0.717, 1.165) is 16.7 Å². The Morgan fingerprint density at radius 2 is 1.77 bits per heavy atom. The van der Waals surface area contributed by atoms with Crippen LogP contribution in [0.1, 0.15) is 43.9 Å². The van der Waals surface area contributed by atoms with Crippen molar-refractivity contribution in [3.05, 3.63) is 76.7 Å². The quantitative estimate of drug-likeness (QED) is 0.273. The summed E-state index contributed by atoms with van der Waals surface area (Å²) in [4.78, 5) is 37.9. The summed E-state index contributed by atoms with van der Waals surface area (Å²) in [5.41, 5.74) is 0.465. The van der Waals surface area contributed by atoms with E-state index in [1.807, 2.05) is 42.5 Å². The molecular weight excluding hydrogens is 522 g/mol. The fourth-order valence-electron chi connectivity index (χ4n) is 4.28. The van der Waals surface area contributed by atoms with Gasteiger partial charge in [0.15, 0.2) is 5.75 Å². The summed E-state index contributed by atoms with van der Waals surface area (Å²) < 4.78 is 27.3. The molecular formula is C29H31NO8S. The molecule has 0 radical (unpaired) electrons. The number of thiophene rings is 1. The average molecular weight is 554 g/mol. The van der Waals surface area contributed by atoms with E-state index in [9.17, 15) is 14.4 Å². The van der Waals surface area contributed by atoms with Crippen molar-refractivity contribution >= 4 is 29.6 Å². The van der Waals surface area contributed by atoms with E-state index in [-0.39, 0.29) is 18.1 Å². The fourth-order valence-corrected chi connectivity index (χ4v) is 4.94. The molecule has 39 heavy (non-hydrogen) atoms. The van der Waals surface area contributed by atoms with E-state index in [1.54, 1.807) is 38.3 Å². The molecule has 4 rings (SSSR count). The first-order chi connectivity index (χ1) is 18.6. The van der Waals surface area contributed by atoms with E-state index in [1.165, 1.54) is 18.4 Å². The SMILES string of the molecule is COC(=O)[C@@]1(NC(=O)OC(C)(C)C)CCc2cccc(Oc3ccsc3OC(=O)OCc3ccccc3)c2C1. The minimum Gasteiger partial charge on any atom is -0.467 e. The number of carbonyl (C=O) groups excluding carboxylic acids is 3. The van der Waals surface area contributed by atoms with Crippen LogP contribution in [-0.4, -0.2) is 36.5 Å². The van der Waals surface area contributed by atoms with Crippen molar-refractivity contribution in [1.82, 2.24) is 5.32 Å². The molecule has 1 amide bonds. The number of esters is 1. The largest absolute Gasteiger partial charge is 0.515 e. The number of methoxy groups -OCH3 is 1. The Hall–Kier alpha value is -4.05. The predicted molar refractivity (Wildman–Crippen MR) is 144 cm³/mol. The zero-order valence-corrected chi connectivity index (χ0v) is 23.1. The van der Waals surface area contributed by atoms with E-state index in [0.29, 0.717) is 24.3 Å². The number of hydrogen-bond donors (Lipinski definition) is 1. The maximum absolute atomic E-state index is 13.0. The monoisotopic (exact) mass is 553 g/mol. The highest BCUT2D eigenvalue weighted by Gasteiger charge is 2.45. The maximum atomic E-state index is 13.0. The van der Waals surface area contributed by atoms with Crippen molar-refractivity contribution in [1.29, 1.82) is 0 Å². The molecule has 2 aromatic carbocycles. The molecule has 0 saturated carbocycles. The van der Waals surface area contributed by atoms with Crippen LogP contribution in [0.25, 0.3) is 0 Å². The molecule has 3 aromatic rings. The lowest BCUT2D eigenvalue weighted by atomic mass is 9.77. The van der Waals surface area contributed by atoms with Gasteiger partial charge in [0.05, 0.1) is 7.11 Å². The molecule has 1 aromatic heterocycles. The number of benzene rings is 2. The minimum absolute atomic E-state index is 0.0771. The van der Waals surface area contributed by atoms with Gasteiger partial charge in [-0.05, 0) is 62.3 Å². The van der Waals surface area contributed by atoms with E-state index in [2.05, 4.69) is 5.32 Å². The van der Waals surface area contributed by atoms with E-state index >= 15 is 0 Å². The number of fused-ring (bicyclic) bond motifs is 1. The molecule has 1 aliphatic rings. The van der Waals surface area contributed by atoms with Crippen molar-refractivity contribution in [2.45, 2.75) is 57.8 Å². The summed E-state index contributed by atoms with van der Waals surface area (Å²) in [6, 6.07) is 16.5. The first kappa shape index (κ1) is 28.0. The Balaban J connectivity index is 1.51. The number of nitrogens with one attached hydrogen (secondary N) is 1. The average Bonchev–Trinajstić information content (AvgIpc) is 3.33. The van der Waals surface area contributed by atoms with Gasteiger partial charge in [-0.15, -0.1) is 11.3 Å². The number of hydrogen-bond acceptors (Lipinski definition) is 9. The van der Waals surface area contributed by atoms with Crippen LogP contribution < -0.4 is 14.8 Å². The normalized spacial score (nSPS) is 16.4. The topological polar surface area (TPSA) is 109 Å². The third-order valence-electron chi connectivity index (χ3n) is 6.04. The zero-order chi connectivity index (χ0) is 28.0. The molecule has 0 spiro atoms. The van der Waals surface area contributed by atoms with Gasteiger partial charge < -0.3 is 29.0 Å². The van der Waals surface area contributed by atoms with E-state index in [4.69, 9.17) is 23.7 Å². The Bertz CT molecular complexity index is 1330. The molecule has 10 heteroatoms. The van der Waals surface area contributed by atoms with Crippen LogP contribution in [0.3, 0.4) is 0 Å². The predicted octanol–water partition coefficient (Wildman–Crippen LogP) is 6.18. The second-order valence-electron chi connectivity index (χ2n) is 10.1. The van der Waals surface area contributed by atoms with Crippen molar-refractivity contribution in [3.63, 3.8) is 0 Å². The van der Waals surface area contributed by atoms with Gasteiger partial charge in [-0.25, -0.2) is 14.4 Å². The summed E-state index contributed by atoms with van der Waals surface area (Å²) in [6.45, 7) is 5.32. The zero-order valence-electron chi connectivity index (χ0n) is 22.3. The van der Waals surface area contributed by atoms with Gasteiger partial charge >= 0.3 is 18.2 Å². The maximum Gasteiger partial charge on any atom is 0.515 e. The smallest absolute Gasteiger partial charge is 0.467 e. The molecule has 9 nitrogen and oxygen atoms in total. The number of aryl methyl sites for hydroxylation is 1. The second kappa shape index (κ2) is 11.8. The van der Waals surface area contributed by atoms with Gasteiger partial charge in [0, 0.05) is 12.0 Å². The molecule has 0 unspecified atom stereocenters. The summed E-state index contributed by atoms with van der Waals surface area (Å²) in [5.74, 6) is 0.210. The van der Waals surface area contributed by atoms with Gasteiger partial charge in [-0.1, -0.05) is 42.5 Å². The number of amides is 1. The number of ether oxygens (including phenoxy) is 5. The van der Waals surface area contributed by atoms with Crippen LogP contribution in [0.5, 0.6) is 16.6 Å². The summed E-state index contributed by atoms with van der Waals surface area (Å²) in [7, 11) is 1.28. The van der Waals surface area contributed by atoms with Crippen molar-refractivity contribution in [3.8, 4) is 16.6 Å². The summed E-state index contributed by atoms with van der Waals surface area (Å²) in [6.07, 6.45) is -0.611. The Kier molecular flexibility index (Phi) is 8.44. The highest BCUT2D eigenvalue weighted by Crippen LogP contribution is 2.41. The second-order valence-corrected chi connectivity index (χ2v) is 11.0. The van der Waals surface area contributed by atoms with Gasteiger partial charge in [-0.3, -0.25) is 0 Å². The number of rotatable bonds is 7. The van der Waals surface area contributed by atoms with Crippen molar-refractivity contribution in [2.24, 2.45) is 0 Å². The van der Waals surface area contributed by atoms with Gasteiger partial charge in [0.25, 0.3) is 0 Å². The van der Waals surface area contributed by atoms with Gasteiger partial charge in [0.2, 0.25) is 5.06 Å². The molecule has 0 saturated heterocycles. The first-order valence-electron chi connectivity index (χ1n) is 12.4. The van der Waals surface area contributed by atoms with Gasteiger partial charge in [0.1, 0.15) is 23.5 Å². The Morgan fingerprint density at radius 1 is 1.00 bits per heavy atom. The highest BCUT2D eigenvalue weighted by molar-refractivity contribution is 7.12. The molecule has 1 atom stereocenters. The summed E-state index contributed by atoms with van der Waals surface area (Å²) in [5, 5.41) is 4.72. The van der Waals surface area contributed by atoms with E-state index < -0.39 is 29.4 Å². The molecule has 1 aliphatic carbocycles. The highest BCUT2D eigenvalue weighted by atomic mass is 32.1. The standard InChI is InChI=1S/C29H31NO8S/c1-28(2,3)38-26(32)30-29(25(31)34-4)15-13-20-11-8-12-22(21(20)17-29)36-23-14-16-39-24(23)37-27(33)35-18-19-9-6-5-7-10-19/h5-12,14,16H,13,15,17-18H2,1-4H3,(H,30,32)/t29-/m1/s1. The lowest BCUT2D eigenvalue weighted by molar-refractivity contribution is -0.149. The van der Waals surface area contributed by atoms with Crippen molar-refractivity contribution in [2.75, 3.05) is 7.11 Å². The Labute approximate surface area is 231 Å². The first-order valence-corrected chi connectivity index (χ1v) is 13.3. The molecule has 1 heterocycles. The molecule has 1 N–H and O–H groups in total. The third kappa shape index (κ3) is 7.08.